The highest BCUT2D eigenvalue weighted by Crippen LogP contribution is 2.41. The van der Waals surface area contributed by atoms with E-state index in [9.17, 15) is 31.5 Å². The molecule has 1 aliphatic heterocycles. The monoisotopic (exact) mass is 340 g/mol. The Labute approximate surface area is 123 Å². The maximum Gasteiger partial charge on any atom is 0.534 e. The zero-order valence-corrected chi connectivity index (χ0v) is 12.2. The first kappa shape index (κ1) is 16.4. The van der Waals surface area contributed by atoms with Gasteiger partial charge in [0.2, 0.25) is 0 Å². The van der Waals surface area contributed by atoms with Crippen molar-refractivity contribution in [3.63, 3.8) is 0 Å². The summed E-state index contributed by atoms with van der Waals surface area (Å²) in [6.45, 7) is 3.12. The van der Waals surface area contributed by atoms with Crippen LogP contribution in [-0.2, 0) is 10.1 Å². The van der Waals surface area contributed by atoms with Crippen LogP contribution >= 0.6 is 0 Å². The Bertz CT molecular complexity index is 736. The Morgan fingerprint density at radius 2 is 1.91 bits per heavy atom. The number of phenolic OH excluding ortho intramolecular Hbond substituents is 1. The number of ether oxygens (including phenoxy) is 1. The first-order chi connectivity index (χ1) is 9.82. The molecular formula is C12H11F3O6S. The number of carbonyl (C=O) groups excluding carboxylic acids is 1. The molecule has 1 aromatic carbocycles. The van der Waals surface area contributed by atoms with E-state index < -0.39 is 38.5 Å². The zero-order valence-electron chi connectivity index (χ0n) is 11.4. The van der Waals surface area contributed by atoms with Crippen molar-refractivity contribution in [1.82, 2.24) is 0 Å². The van der Waals surface area contributed by atoms with Crippen LogP contribution in [0.2, 0.25) is 0 Å². The summed E-state index contributed by atoms with van der Waals surface area (Å²) in [5.41, 5.74) is -6.79. The summed E-state index contributed by atoms with van der Waals surface area (Å²) in [5, 5.41) is 9.72. The summed E-state index contributed by atoms with van der Waals surface area (Å²) in [7, 11) is -5.89. The predicted molar refractivity (Wildman–Crippen MR) is 67.4 cm³/mol. The molecule has 22 heavy (non-hydrogen) atoms. The molecule has 1 aromatic rings. The van der Waals surface area contributed by atoms with Gasteiger partial charge in [-0.05, 0) is 13.8 Å². The summed E-state index contributed by atoms with van der Waals surface area (Å²) in [4.78, 5) is 11.9. The second-order valence-corrected chi connectivity index (χ2v) is 6.80. The molecule has 1 heterocycles. The van der Waals surface area contributed by atoms with Gasteiger partial charge in [-0.15, -0.1) is 0 Å². The van der Waals surface area contributed by atoms with E-state index in [0.717, 1.165) is 6.07 Å². The third kappa shape index (κ3) is 2.96. The van der Waals surface area contributed by atoms with Crippen molar-refractivity contribution in [2.24, 2.45) is 0 Å². The van der Waals surface area contributed by atoms with Gasteiger partial charge in [0.05, 0.1) is 6.42 Å². The third-order valence-corrected chi connectivity index (χ3v) is 3.77. The van der Waals surface area contributed by atoms with Gasteiger partial charge in [0, 0.05) is 12.1 Å². The largest absolute Gasteiger partial charge is 0.534 e. The fourth-order valence-corrected chi connectivity index (χ4v) is 2.41. The van der Waals surface area contributed by atoms with Crippen LogP contribution in [0.4, 0.5) is 13.2 Å². The lowest BCUT2D eigenvalue weighted by Gasteiger charge is -2.31. The molecule has 10 heteroatoms. The molecule has 0 bridgehead atoms. The number of benzene rings is 1. The number of alkyl halides is 3. The molecule has 0 aliphatic carbocycles. The van der Waals surface area contributed by atoms with E-state index in [2.05, 4.69) is 4.18 Å². The average Bonchev–Trinajstić information content (AvgIpc) is 2.22. The topological polar surface area (TPSA) is 89.9 Å². The van der Waals surface area contributed by atoms with Gasteiger partial charge < -0.3 is 14.0 Å². The van der Waals surface area contributed by atoms with Crippen molar-refractivity contribution in [2.75, 3.05) is 0 Å². The number of hydrogen-bond donors (Lipinski definition) is 1. The third-order valence-electron chi connectivity index (χ3n) is 2.80. The van der Waals surface area contributed by atoms with E-state index in [1.807, 2.05) is 0 Å². The Hall–Kier alpha value is -1.97. The molecule has 0 unspecified atom stereocenters. The van der Waals surface area contributed by atoms with Gasteiger partial charge in [-0.1, -0.05) is 0 Å². The molecule has 122 valence electrons. The number of aromatic hydroxyl groups is 1. The smallest absolute Gasteiger partial charge is 0.507 e. The fourth-order valence-electron chi connectivity index (χ4n) is 1.97. The number of fused-ring (bicyclic) bond motifs is 1. The first-order valence-corrected chi connectivity index (χ1v) is 7.33. The van der Waals surface area contributed by atoms with E-state index in [0.29, 0.717) is 6.07 Å². The highest BCUT2D eigenvalue weighted by atomic mass is 32.2. The lowest BCUT2D eigenvalue weighted by atomic mass is 9.92. The number of Topliss-reactive ketones (excluding diaryl/α,β-unsaturated/α-hetero) is 1. The lowest BCUT2D eigenvalue weighted by molar-refractivity contribution is -0.0500. The molecule has 0 amide bonds. The van der Waals surface area contributed by atoms with Gasteiger partial charge in [0.25, 0.3) is 0 Å². The number of ketones is 1. The Morgan fingerprint density at radius 3 is 2.45 bits per heavy atom. The highest BCUT2D eigenvalue weighted by Gasteiger charge is 2.49. The van der Waals surface area contributed by atoms with Gasteiger partial charge in [-0.25, -0.2) is 0 Å². The molecule has 0 atom stereocenters. The number of halogens is 3. The summed E-state index contributed by atoms with van der Waals surface area (Å²) in [6.07, 6.45) is -0.0470. The van der Waals surface area contributed by atoms with Crippen LogP contribution in [0.3, 0.4) is 0 Å². The Kier molecular flexibility index (Phi) is 3.55. The van der Waals surface area contributed by atoms with Crippen molar-refractivity contribution in [3.8, 4) is 17.2 Å². The average molecular weight is 340 g/mol. The van der Waals surface area contributed by atoms with Crippen LogP contribution in [0.25, 0.3) is 0 Å². The molecule has 0 spiro atoms. The predicted octanol–water partition coefficient (Wildman–Crippen LogP) is 2.36. The van der Waals surface area contributed by atoms with Crippen molar-refractivity contribution in [3.05, 3.63) is 17.7 Å². The molecule has 0 saturated carbocycles. The zero-order chi connectivity index (χ0) is 16.9. The number of hydrogen-bond acceptors (Lipinski definition) is 6. The van der Waals surface area contributed by atoms with E-state index in [4.69, 9.17) is 4.74 Å². The van der Waals surface area contributed by atoms with E-state index in [-0.39, 0.29) is 17.7 Å². The van der Waals surface area contributed by atoms with Crippen molar-refractivity contribution in [1.29, 1.82) is 0 Å². The maximum absolute atomic E-state index is 12.3. The van der Waals surface area contributed by atoms with Crippen LogP contribution in [0.1, 0.15) is 30.6 Å². The van der Waals surface area contributed by atoms with Crippen LogP contribution < -0.4 is 8.92 Å². The molecule has 2 rings (SSSR count). The second kappa shape index (κ2) is 4.77. The summed E-state index contributed by atoms with van der Waals surface area (Å²) in [5.74, 6) is -2.24. The maximum atomic E-state index is 12.3. The van der Waals surface area contributed by atoms with Gasteiger partial charge in [-0.2, -0.15) is 21.6 Å². The number of rotatable bonds is 2. The lowest BCUT2D eigenvalue weighted by Crippen LogP contribution is -2.36. The van der Waals surface area contributed by atoms with Gasteiger partial charge >= 0.3 is 15.6 Å². The van der Waals surface area contributed by atoms with Crippen LogP contribution in [0.15, 0.2) is 12.1 Å². The van der Waals surface area contributed by atoms with Gasteiger partial charge in [-0.3, -0.25) is 4.79 Å². The molecule has 0 radical (unpaired) electrons. The fraction of sp³-hybridized carbons (Fsp3) is 0.417. The summed E-state index contributed by atoms with van der Waals surface area (Å²) in [6, 6.07) is 1.43. The Balaban J connectivity index is 2.47. The molecule has 0 aromatic heterocycles. The molecular weight excluding hydrogens is 329 g/mol. The standard InChI is InChI=1S/C12H11F3O6S/c1-11(2)5-8(17)10-7(16)3-6(4-9(10)20-11)21-22(18,19)12(13,14)15/h3-4,16H,5H2,1-2H3. The van der Waals surface area contributed by atoms with Crippen LogP contribution in [-0.4, -0.2) is 30.4 Å². The highest BCUT2D eigenvalue weighted by molar-refractivity contribution is 7.88. The number of carbonyl (C=O) groups is 1. The second-order valence-electron chi connectivity index (χ2n) is 5.26. The van der Waals surface area contributed by atoms with E-state index in [1.165, 1.54) is 0 Å². The normalized spacial score (nSPS) is 17.6. The first-order valence-electron chi connectivity index (χ1n) is 5.92. The van der Waals surface area contributed by atoms with Crippen LogP contribution in [0.5, 0.6) is 17.2 Å². The minimum absolute atomic E-state index is 0.0470. The Morgan fingerprint density at radius 1 is 1.32 bits per heavy atom. The van der Waals surface area contributed by atoms with Crippen molar-refractivity contribution in [2.45, 2.75) is 31.4 Å². The molecule has 1 N–H and O–H groups in total. The van der Waals surface area contributed by atoms with Crippen molar-refractivity contribution >= 4 is 15.9 Å². The molecule has 1 aliphatic rings. The molecule has 0 saturated heterocycles. The number of phenols is 1. The van der Waals surface area contributed by atoms with Crippen LogP contribution in [0, 0.1) is 0 Å². The van der Waals surface area contributed by atoms with E-state index in [1.54, 1.807) is 13.8 Å². The minimum atomic E-state index is -5.89. The van der Waals surface area contributed by atoms with Gasteiger partial charge in [0.1, 0.15) is 28.4 Å². The SMILES string of the molecule is CC1(C)CC(=O)c2c(O)cc(OS(=O)(=O)C(F)(F)F)cc2O1. The van der Waals surface area contributed by atoms with Crippen molar-refractivity contribution < 1.29 is 40.4 Å². The summed E-state index contributed by atoms with van der Waals surface area (Å²) < 4.78 is 68.0. The summed E-state index contributed by atoms with van der Waals surface area (Å²) >= 11 is 0. The van der Waals surface area contributed by atoms with E-state index >= 15 is 0 Å². The molecule has 6 nitrogen and oxygen atoms in total. The van der Waals surface area contributed by atoms with Gasteiger partial charge in [0.15, 0.2) is 5.78 Å². The quantitative estimate of drug-likeness (QED) is 0.657. The molecule has 0 fully saturated rings. The minimum Gasteiger partial charge on any atom is -0.507 e.